The molecular weight excluding hydrogens is 363 g/mol. The quantitative estimate of drug-likeness (QED) is 0.684. The molecule has 0 saturated carbocycles. The van der Waals surface area contributed by atoms with Crippen molar-refractivity contribution in [1.29, 1.82) is 0 Å². The average molecular weight is 384 g/mol. The minimum atomic E-state index is -1.71. The second-order valence-electron chi connectivity index (χ2n) is 6.70. The second-order valence-corrected chi connectivity index (χ2v) is 6.70. The molecule has 0 fully saturated rings. The Balaban J connectivity index is 2.00. The van der Waals surface area contributed by atoms with E-state index in [1.807, 2.05) is 30.3 Å². The maximum absolute atomic E-state index is 13.3. The number of benzene rings is 2. The molecular formula is C21H21FN2O4. The third kappa shape index (κ3) is 3.95. The second kappa shape index (κ2) is 7.92. The maximum atomic E-state index is 13.3. The SMILES string of the molecule is Cc1c(C(C)(O)c2ccc(F)cc2)n(COCc2ccccc2)c(=O)[nH]c1=O. The molecule has 0 aliphatic heterocycles. The van der Waals surface area contributed by atoms with E-state index in [4.69, 9.17) is 4.74 Å². The number of nitrogens with one attached hydrogen (secondary N) is 1. The average Bonchev–Trinajstić information content (AvgIpc) is 2.67. The summed E-state index contributed by atoms with van der Waals surface area (Å²) in [6.45, 7) is 3.05. The van der Waals surface area contributed by atoms with Crippen LogP contribution in [0.3, 0.4) is 0 Å². The van der Waals surface area contributed by atoms with Crippen LogP contribution in [0.1, 0.15) is 29.3 Å². The molecule has 1 atom stereocenters. The van der Waals surface area contributed by atoms with Crippen LogP contribution in [0, 0.1) is 12.7 Å². The predicted molar refractivity (Wildman–Crippen MR) is 102 cm³/mol. The van der Waals surface area contributed by atoms with Crippen LogP contribution in [0.25, 0.3) is 0 Å². The Hall–Kier alpha value is -3.03. The van der Waals surface area contributed by atoms with Crippen LogP contribution in [0.5, 0.6) is 0 Å². The summed E-state index contributed by atoms with van der Waals surface area (Å²) in [6, 6.07) is 14.6. The number of aromatic nitrogens is 2. The molecule has 146 valence electrons. The smallest absolute Gasteiger partial charge is 0.330 e. The Morgan fingerprint density at radius 3 is 2.39 bits per heavy atom. The molecule has 0 spiro atoms. The van der Waals surface area contributed by atoms with Gasteiger partial charge in [0.1, 0.15) is 18.1 Å². The zero-order chi connectivity index (χ0) is 20.3. The first-order valence-corrected chi connectivity index (χ1v) is 8.75. The van der Waals surface area contributed by atoms with Gasteiger partial charge in [-0.05, 0) is 37.1 Å². The van der Waals surface area contributed by atoms with Crippen LogP contribution in [0.15, 0.2) is 64.2 Å². The van der Waals surface area contributed by atoms with Gasteiger partial charge in [0.15, 0.2) is 0 Å². The van der Waals surface area contributed by atoms with E-state index >= 15 is 0 Å². The van der Waals surface area contributed by atoms with Crippen LogP contribution in [-0.4, -0.2) is 14.7 Å². The minimum Gasteiger partial charge on any atom is -0.379 e. The molecule has 0 aliphatic rings. The van der Waals surface area contributed by atoms with E-state index < -0.39 is 22.7 Å². The van der Waals surface area contributed by atoms with Crippen molar-refractivity contribution in [2.75, 3.05) is 0 Å². The highest BCUT2D eigenvalue weighted by Crippen LogP contribution is 2.29. The lowest BCUT2D eigenvalue weighted by Gasteiger charge is -2.28. The van der Waals surface area contributed by atoms with Crippen molar-refractivity contribution in [3.05, 3.63) is 104 Å². The van der Waals surface area contributed by atoms with Gasteiger partial charge in [0.2, 0.25) is 0 Å². The molecule has 0 aliphatic carbocycles. The molecule has 2 N–H and O–H groups in total. The lowest BCUT2D eigenvalue weighted by atomic mass is 9.89. The first kappa shape index (κ1) is 19.7. The van der Waals surface area contributed by atoms with E-state index in [-0.39, 0.29) is 24.6 Å². The van der Waals surface area contributed by atoms with Gasteiger partial charge in [-0.1, -0.05) is 42.5 Å². The van der Waals surface area contributed by atoms with Crippen LogP contribution in [0.4, 0.5) is 4.39 Å². The molecule has 7 heteroatoms. The molecule has 0 radical (unpaired) electrons. The van der Waals surface area contributed by atoms with Gasteiger partial charge >= 0.3 is 5.69 Å². The summed E-state index contributed by atoms with van der Waals surface area (Å²) in [4.78, 5) is 26.8. The number of hydrogen-bond donors (Lipinski definition) is 2. The molecule has 0 bridgehead atoms. The lowest BCUT2D eigenvalue weighted by Crippen LogP contribution is -2.41. The zero-order valence-electron chi connectivity index (χ0n) is 15.6. The molecule has 28 heavy (non-hydrogen) atoms. The Labute approximate surface area is 160 Å². The summed E-state index contributed by atoms with van der Waals surface area (Å²) in [5, 5.41) is 11.2. The van der Waals surface area contributed by atoms with Crippen molar-refractivity contribution in [3.63, 3.8) is 0 Å². The Bertz CT molecular complexity index is 1070. The summed E-state index contributed by atoms with van der Waals surface area (Å²) in [6.07, 6.45) is 0. The van der Waals surface area contributed by atoms with Crippen LogP contribution < -0.4 is 11.2 Å². The molecule has 3 rings (SSSR count). The molecule has 6 nitrogen and oxygen atoms in total. The maximum Gasteiger partial charge on any atom is 0.330 e. The van der Waals surface area contributed by atoms with Gasteiger partial charge in [-0.2, -0.15) is 0 Å². The fourth-order valence-electron chi connectivity index (χ4n) is 3.16. The molecule has 1 aromatic heterocycles. The van der Waals surface area contributed by atoms with E-state index in [9.17, 15) is 19.1 Å². The fraction of sp³-hybridized carbons (Fsp3) is 0.238. The molecule has 0 saturated heterocycles. The number of ether oxygens (including phenoxy) is 1. The first-order chi connectivity index (χ1) is 13.3. The van der Waals surface area contributed by atoms with E-state index in [1.165, 1.54) is 42.7 Å². The minimum absolute atomic E-state index is 0.0981. The van der Waals surface area contributed by atoms with Crippen molar-refractivity contribution in [1.82, 2.24) is 9.55 Å². The van der Waals surface area contributed by atoms with Crippen molar-refractivity contribution in [2.45, 2.75) is 32.8 Å². The van der Waals surface area contributed by atoms with Crippen molar-refractivity contribution in [2.24, 2.45) is 0 Å². The van der Waals surface area contributed by atoms with E-state index in [0.717, 1.165) is 5.56 Å². The number of nitrogens with zero attached hydrogens (tertiary/aromatic N) is 1. The first-order valence-electron chi connectivity index (χ1n) is 8.75. The number of H-pyrrole nitrogens is 1. The normalized spacial score (nSPS) is 13.3. The van der Waals surface area contributed by atoms with Crippen LogP contribution in [-0.2, 0) is 23.7 Å². The van der Waals surface area contributed by atoms with Crippen molar-refractivity contribution < 1.29 is 14.2 Å². The number of halogens is 1. The molecule has 1 heterocycles. The monoisotopic (exact) mass is 384 g/mol. The standard InChI is InChI=1S/C21H21FN2O4/c1-14-18(21(2,27)16-8-10-17(22)11-9-16)24(20(26)23-19(14)25)13-28-12-15-6-4-3-5-7-15/h3-11,27H,12-13H2,1-2H3,(H,23,25,26). The number of rotatable bonds is 6. The van der Waals surface area contributed by atoms with Gasteiger partial charge in [-0.3, -0.25) is 14.3 Å². The highest BCUT2D eigenvalue weighted by atomic mass is 19.1. The number of aromatic amines is 1. The topological polar surface area (TPSA) is 84.3 Å². The van der Waals surface area contributed by atoms with E-state index in [1.54, 1.807) is 0 Å². The Morgan fingerprint density at radius 1 is 1.11 bits per heavy atom. The summed E-state index contributed by atoms with van der Waals surface area (Å²) in [7, 11) is 0. The predicted octanol–water partition coefficient (Wildman–Crippen LogP) is 2.41. The van der Waals surface area contributed by atoms with Gasteiger partial charge in [0.05, 0.1) is 12.3 Å². The van der Waals surface area contributed by atoms with E-state index in [2.05, 4.69) is 4.98 Å². The Kier molecular flexibility index (Phi) is 5.58. The summed E-state index contributed by atoms with van der Waals surface area (Å²) in [5.74, 6) is -0.453. The molecule has 0 amide bonds. The van der Waals surface area contributed by atoms with Gasteiger partial charge < -0.3 is 9.84 Å². The molecule has 3 aromatic rings. The van der Waals surface area contributed by atoms with E-state index in [0.29, 0.717) is 5.56 Å². The summed E-state index contributed by atoms with van der Waals surface area (Å²) >= 11 is 0. The largest absolute Gasteiger partial charge is 0.379 e. The van der Waals surface area contributed by atoms with Crippen LogP contribution >= 0.6 is 0 Å². The summed E-state index contributed by atoms with van der Waals surface area (Å²) < 4.78 is 20.1. The zero-order valence-corrected chi connectivity index (χ0v) is 15.6. The highest BCUT2D eigenvalue weighted by Gasteiger charge is 2.32. The van der Waals surface area contributed by atoms with Crippen molar-refractivity contribution in [3.8, 4) is 0 Å². The Morgan fingerprint density at radius 2 is 1.75 bits per heavy atom. The van der Waals surface area contributed by atoms with Gasteiger partial charge in [0.25, 0.3) is 5.56 Å². The third-order valence-corrected chi connectivity index (χ3v) is 4.63. The fourth-order valence-corrected chi connectivity index (χ4v) is 3.16. The van der Waals surface area contributed by atoms with Gasteiger partial charge in [-0.25, -0.2) is 9.18 Å². The third-order valence-electron chi connectivity index (χ3n) is 4.63. The van der Waals surface area contributed by atoms with Crippen LogP contribution in [0.2, 0.25) is 0 Å². The summed E-state index contributed by atoms with van der Waals surface area (Å²) in [5.41, 5.74) is -1.45. The van der Waals surface area contributed by atoms with Gasteiger partial charge in [-0.15, -0.1) is 0 Å². The molecule has 1 unspecified atom stereocenters. The number of hydrogen-bond acceptors (Lipinski definition) is 4. The highest BCUT2D eigenvalue weighted by molar-refractivity contribution is 5.35. The number of aliphatic hydroxyl groups is 1. The molecule has 2 aromatic carbocycles. The van der Waals surface area contributed by atoms with Crippen molar-refractivity contribution >= 4 is 0 Å². The lowest BCUT2D eigenvalue weighted by molar-refractivity contribution is 0.0386. The van der Waals surface area contributed by atoms with Gasteiger partial charge in [0, 0.05) is 5.56 Å².